The fourth-order valence-electron chi connectivity index (χ4n) is 8.58. The highest BCUT2D eigenvalue weighted by molar-refractivity contribution is 7.47. The number of unbranched alkanes of at least 4 members (excludes halogenated alkanes) is 24. The summed E-state index contributed by atoms with van der Waals surface area (Å²) >= 11 is 0. The molecule has 1 heterocycles. The van der Waals surface area contributed by atoms with Crippen molar-refractivity contribution in [1.82, 2.24) is 0 Å². The van der Waals surface area contributed by atoms with Crippen LogP contribution in [0.4, 0.5) is 0 Å². The molecular weight excluding hydrogens is 920 g/mol. The lowest BCUT2D eigenvalue weighted by atomic mass is 9.84. The maximum Gasteiger partial charge on any atom is 0.472 e. The van der Waals surface area contributed by atoms with Crippen molar-refractivity contribution < 1.29 is 87.9 Å². The van der Waals surface area contributed by atoms with Gasteiger partial charge in [0, 0.05) is 12.8 Å². The number of aliphatic hydroxyl groups excluding tert-OH is 8. The van der Waals surface area contributed by atoms with E-state index in [1.54, 1.807) is 0 Å². The van der Waals surface area contributed by atoms with Gasteiger partial charge in [0.25, 0.3) is 0 Å². The summed E-state index contributed by atoms with van der Waals surface area (Å²) in [5, 5.41) is 83.0. The molecule has 1 saturated carbocycles. The molecule has 1 aliphatic heterocycles. The molecule has 2 fully saturated rings. The molecule has 0 aromatic rings. The summed E-state index contributed by atoms with van der Waals surface area (Å²) in [7, 11) is -5.37. The second-order valence-electron chi connectivity index (χ2n) is 19.1. The summed E-state index contributed by atoms with van der Waals surface area (Å²) < 4.78 is 45.5. The summed E-state index contributed by atoms with van der Waals surface area (Å²) in [5.41, 5.74) is 0. The molecule has 19 heteroatoms. The highest BCUT2D eigenvalue weighted by atomic mass is 31.2. The zero-order chi connectivity index (χ0) is 50.9. The van der Waals surface area contributed by atoms with E-state index in [2.05, 4.69) is 26.0 Å². The number of rotatable bonds is 41. The van der Waals surface area contributed by atoms with E-state index >= 15 is 0 Å². The smallest absolute Gasteiger partial charge is 0.462 e. The van der Waals surface area contributed by atoms with Gasteiger partial charge in [-0.2, -0.15) is 0 Å². The van der Waals surface area contributed by atoms with Gasteiger partial charge >= 0.3 is 19.8 Å². The highest BCUT2D eigenvalue weighted by Crippen LogP contribution is 2.48. The van der Waals surface area contributed by atoms with Crippen LogP contribution in [0.15, 0.2) is 12.2 Å². The van der Waals surface area contributed by atoms with Gasteiger partial charge in [-0.1, -0.05) is 161 Å². The Bertz CT molecular complexity index is 1390. The van der Waals surface area contributed by atoms with Crippen LogP contribution in [-0.2, 0) is 42.1 Å². The van der Waals surface area contributed by atoms with Gasteiger partial charge in [0.05, 0.1) is 13.2 Å². The average Bonchev–Trinajstić information content (AvgIpc) is 3.33. The SMILES string of the molecule is CCCCCC/C=C\CCCCCCCCCC(=O)OC(COC(=O)CCCCCCCCCCCCCCCC)COP(=O)(O)OC1C(O)C(O)C(O)C(O)C1OC1OC(CO)C(O)C(O)C1O. The monoisotopic (exact) mass is 1010 g/mol. The Labute approximate surface area is 412 Å². The molecule has 0 amide bonds. The number of aliphatic hydroxyl groups is 8. The molecule has 0 aromatic carbocycles. The lowest BCUT2D eigenvalue weighted by molar-refractivity contribution is -0.338. The predicted octanol–water partition coefficient (Wildman–Crippen LogP) is 6.49. The Kier molecular flexibility index (Phi) is 35.0. The number of phosphoric ester groups is 1. The van der Waals surface area contributed by atoms with Gasteiger partial charge < -0.3 is 64.7 Å². The minimum atomic E-state index is -5.37. The molecule has 13 unspecified atom stereocenters. The zero-order valence-corrected chi connectivity index (χ0v) is 42.8. The minimum Gasteiger partial charge on any atom is -0.462 e. The van der Waals surface area contributed by atoms with Crippen LogP contribution in [0.3, 0.4) is 0 Å². The number of carbonyl (C=O) groups excluding carboxylic acids is 2. The third-order valence-corrected chi connectivity index (χ3v) is 14.0. The number of phosphoric acid groups is 1. The molecule has 406 valence electrons. The Morgan fingerprint density at radius 3 is 1.45 bits per heavy atom. The molecule has 2 rings (SSSR count). The molecule has 18 nitrogen and oxygen atoms in total. The van der Waals surface area contributed by atoms with E-state index < -0.39 is 113 Å². The highest BCUT2D eigenvalue weighted by Gasteiger charge is 2.55. The summed E-state index contributed by atoms with van der Waals surface area (Å²) in [6.07, 6.45) is 11.4. The topological polar surface area (TPSA) is 289 Å². The van der Waals surface area contributed by atoms with E-state index in [9.17, 15) is 59.9 Å². The number of hydrogen-bond acceptors (Lipinski definition) is 17. The van der Waals surface area contributed by atoms with Crippen LogP contribution in [0.1, 0.15) is 200 Å². The molecule has 0 bridgehead atoms. The lowest BCUT2D eigenvalue weighted by Crippen LogP contribution is -2.67. The fourth-order valence-corrected chi connectivity index (χ4v) is 9.55. The van der Waals surface area contributed by atoms with Crippen molar-refractivity contribution in [2.75, 3.05) is 19.8 Å². The molecule has 1 aliphatic carbocycles. The maximum atomic E-state index is 13.4. The average molecular weight is 1010 g/mol. The van der Waals surface area contributed by atoms with Gasteiger partial charge in [-0.3, -0.25) is 18.6 Å². The van der Waals surface area contributed by atoms with E-state index in [1.807, 2.05) is 0 Å². The second-order valence-corrected chi connectivity index (χ2v) is 20.5. The van der Waals surface area contributed by atoms with Gasteiger partial charge in [-0.25, -0.2) is 4.57 Å². The largest absolute Gasteiger partial charge is 0.472 e. The van der Waals surface area contributed by atoms with Gasteiger partial charge in [0.15, 0.2) is 12.4 Å². The molecule has 0 aromatic heterocycles. The number of esters is 2. The van der Waals surface area contributed by atoms with Crippen LogP contribution in [-0.4, -0.2) is 151 Å². The summed E-state index contributed by atoms with van der Waals surface area (Å²) in [6.45, 7) is 2.23. The van der Waals surface area contributed by atoms with Crippen molar-refractivity contribution in [3.63, 3.8) is 0 Å². The van der Waals surface area contributed by atoms with E-state index in [0.717, 1.165) is 77.0 Å². The molecule has 0 spiro atoms. The summed E-state index contributed by atoms with van der Waals surface area (Å²) in [4.78, 5) is 36.6. The molecule has 69 heavy (non-hydrogen) atoms. The van der Waals surface area contributed by atoms with Crippen molar-refractivity contribution >= 4 is 19.8 Å². The standard InChI is InChI=1S/C50H93O18P/c1-3-5-7-9-11-13-15-17-19-21-23-25-27-29-31-33-40(53)65-37(35-63-39(52)32-30-28-26-24-22-20-18-16-14-12-10-8-6-4-2)36-64-69(61,62)68-49-46(59)44(57)43(56)45(58)48(49)67-50-47(60)42(55)41(54)38(34-51)66-50/h13,15,37-38,41-51,54-60H,3-12,14,16-36H2,1-2H3,(H,61,62)/b15-13-. The van der Waals surface area contributed by atoms with Crippen molar-refractivity contribution in [3.05, 3.63) is 12.2 Å². The Hall–Kier alpha value is -1.61. The molecule has 0 radical (unpaired) electrons. The van der Waals surface area contributed by atoms with Crippen LogP contribution < -0.4 is 0 Å². The first-order chi connectivity index (χ1) is 33.2. The first-order valence-corrected chi connectivity index (χ1v) is 28.0. The lowest BCUT2D eigenvalue weighted by Gasteiger charge is -2.47. The normalized spacial score (nSPS) is 27.6. The zero-order valence-electron chi connectivity index (χ0n) is 41.9. The number of hydrogen-bond donors (Lipinski definition) is 9. The first kappa shape index (κ1) is 63.5. The second kappa shape index (κ2) is 38.0. The summed E-state index contributed by atoms with van der Waals surface area (Å²) in [5.74, 6) is -1.21. The van der Waals surface area contributed by atoms with E-state index in [-0.39, 0.29) is 12.8 Å². The van der Waals surface area contributed by atoms with Crippen molar-refractivity contribution in [3.8, 4) is 0 Å². The Morgan fingerprint density at radius 2 is 0.957 bits per heavy atom. The number of allylic oxidation sites excluding steroid dienone is 2. The van der Waals surface area contributed by atoms with Crippen molar-refractivity contribution in [2.45, 2.75) is 273 Å². The third kappa shape index (κ3) is 26.8. The number of carbonyl (C=O) groups is 2. The van der Waals surface area contributed by atoms with Gasteiger partial charge in [0.2, 0.25) is 0 Å². The van der Waals surface area contributed by atoms with Gasteiger partial charge in [-0.15, -0.1) is 0 Å². The van der Waals surface area contributed by atoms with Crippen molar-refractivity contribution in [1.29, 1.82) is 0 Å². The Morgan fingerprint density at radius 1 is 0.536 bits per heavy atom. The molecule has 9 N–H and O–H groups in total. The first-order valence-electron chi connectivity index (χ1n) is 26.5. The van der Waals surface area contributed by atoms with Crippen LogP contribution in [0.2, 0.25) is 0 Å². The quantitative estimate of drug-likeness (QED) is 0.0137. The predicted molar refractivity (Wildman–Crippen MR) is 259 cm³/mol. The fraction of sp³-hybridized carbons (Fsp3) is 0.920. The van der Waals surface area contributed by atoms with Gasteiger partial charge in [0.1, 0.15) is 67.6 Å². The molecular formula is C50H93O18P. The minimum absolute atomic E-state index is 0.0309. The Balaban J connectivity index is 1.93. The van der Waals surface area contributed by atoms with Crippen LogP contribution in [0, 0.1) is 0 Å². The summed E-state index contributed by atoms with van der Waals surface area (Å²) in [6, 6.07) is 0. The number of ether oxygens (including phenoxy) is 4. The van der Waals surface area contributed by atoms with Crippen LogP contribution >= 0.6 is 7.82 Å². The maximum absolute atomic E-state index is 13.4. The molecule has 13 atom stereocenters. The van der Waals surface area contributed by atoms with E-state index in [0.29, 0.717) is 12.8 Å². The van der Waals surface area contributed by atoms with Gasteiger partial charge in [-0.05, 0) is 38.5 Å². The van der Waals surface area contributed by atoms with Crippen LogP contribution in [0.25, 0.3) is 0 Å². The third-order valence-electron chi connectivity index (χ3n) is 13.0. The van der Waals surface area contributed by atoms with E-state index in [4.69, 9.17) is 28.0 Å². The molecule has 1 saturated heterocycles. The van der Waals surface area contributed by atoms with E-state index in [1.165, 1.54) is 83.5 Å². The van der Waals surface area contributed by atoms with Crippen molar-refractivity contribution in [2.24, 2.45) is 0 Å². The molecule has 2 aliphatic rings. The van der Waals surface area contributed by atoms with Crippen LogP contribution in [0.5, 0.6) is 0 Å².